The van der Waals surface area contributed by atoms with E-state index in [2.05, 4.69) is 57.5 Å². The van der Waals surface area contributed by atoms with E-state index in [9.17, 15) is 18.8 Å². The van der Waals surface area contributed by atoms with Gasteiger partial charge in [0.25, 0.3) is 8.32 Å². The first-order chi connectivity index (χ1) is 25.5. The molecule has 55 heavy (non-hydrogen) atoms. The van der Waals surface area contributed by atoms with Gasteiger partial charge in [-0.15, -0.1) is 0 Å². The lowest BCUT2D eigenvalue weighted by atomic mass is 9.91. The molecule has 1 aromatic heterocycles. The van der Waals surface area contributed by atoms with Crippen LogP contribution < -0.4 is 9.33 Å². The first kappa shape index (κ1) is 42.5. The van der Waals surface area contributed by atoms with Crippen molar-refractivity contribution in [2.24, 2.45) is 0 Å². The summed E-state index contributed by atoms with van der Waals surface area (Å²) in [5.41, 5.74) is 2.20. The molecule has 0 aliphatic carbocycles. The number of pyridine rings is 1. The number of piperazine rings is 1. The second-order valence-electron chi connectivity index (χ2n) is 18.6. The molecule has 14 heteroatoms. The van der Waals surface area contributed by atoms with E-state index in [1.165, 1.54) is 19.2 Å². The average Bonchev–Trinajstić information content (AvgIpc) is 3.34. The highest BCUT2D eigenvalue weighted by Crippen LogP contribution is 2.44. The molecule has 3 aliphatic heterocycles. The largest absolute Gasteiger partial charge is 0.530 e. The lowest BCUT2D eigenvalue weighted by molar-refractivity contribution is -0.160. The van der Waals surface area contributed by atoms with Gasteiger partial charge in [0.2, 0.25) is 11.8 Å². The average molecular weight is 784 g/mol. The topological polar surface area (TPSA) is 114 Å². The summed E-state index contributed by atoms with van der Waals surface area (Å²) in [5.74, 6) is -0.231. The molecular formula is C41H62FN5O7Si. The third kappa shape index (κ3) is 10.1. The summed E-state index contributed by atoms with van der Waals surface area (Å²) in [7, 11) is -0.960. The van der Waals surface area contributed by atoms with E-state index in [0.717, 1.165) is 22.5 Å². The molecule has 12 nitrogen and oxygen atoms in total. The number of halogens is 1. The number of carbonyl (C=O) groups is 3. The molecule has 0 spiro atoms. The maximum absolute atomic E-state index is 14.6. The van der Waals surface area contributed by atoms with Gasteiger partial charge in [-0.3, -0.25) is 14.6 Å². The molecule has 1 aromatic carbocycles. The van der Waals surface area contributed by atoms with Gasteiger partial charge in [0.15, 0.2) is 6.10 Å². The van der Waals surface area contributed by atoms with Gasteiger partial charge >= 0.3 is 12.1 Å². The number of carbonyl (C=O) groups excluding carboxylic acids is 3. The van der Waals surface area contributed by atoms with Gasteiger partial charge in [0, 0.05) is 68.8 Å². The Kier molecular flexibility index (Phi) is 12.5. The summed E-state index contributed by atoms with van der Waals surface area (Å²) in [6.45, 7) is 25.9. The molecule has 3 aliphatic rings. The van der Waals surface area contributed by atoms with E-state index in [1.807, 2.05) is 38.7 Å². The third-order valence-corrected chi connectivity index (χ3v) is 15.6. The Balaban J connectivity index is 1.46. The van der Waals surface area contributed by atoms with E-state index >= 15 is 0 Å². The molecule has 0 saturated carbocycles. The van der Waals surface area contributed by atoms with Crippen LogP contribution in [0, 0.1) is 5.82 Å². The number of rotatable bonds is 9. The maximum Gasteiger partial charge on any atom is 0.410 e. The Morgan fingerprint density at radius 2 is 1.71 bits per heavy atom. The predicted molar refractivity (Wildman–Crippen MR) is 213 cm³/mol. The van der Waals surface area contributed by atoms with Gasteiger partial charge < -0.3 is 28.4 Å². The number of anilines is 1. The van der Waals surface area contributed by atoms with E-state index in [-0.39, 0.29) is 35.4 Å². The van der Waals surface area contributed by atoms with E-state index in [1.54, 1.807) is 17.0 Å². The quantitative estimate of drug-likeness (QED) is 0.222. The number of hydrogen-bond acceptors (Lipinski definition) is 10. The number of aromatic nitrogens is 1. The number of esters is 1. The summed E-state index contributed by atoms with van der Waals surface area (Å²) in [5, 5.41) is -0.0685. The van der Waals surface area contributed by atoms with Gasteiger partial charge in [-0.2, -0.15) is 0 Å². The van der Waals surface area contributed by atoms with Crippen molar-refractivity contribution in [1.29, 1.82) is 0 Å². The normalized spacial score (nSPS) is 22.3. The highest BCUT2D eigenvalue weighted by atomic mass is 28.4. The molecule has 2 saturated heterocycles. The number of fused-ring (bicyclic) bond motifs is 1. The van der Waals surface area contributed by atoms with Crippen molar-refractivity contribution in [1.82, 2.24) is 19.7 Å². The first-order valence-corrected chi connectivity index (χ1v) is 22.3. The minimum atomic E-state index is -2.31. The summed E-state index contributed by atoms with van der Waals surface area (Å²) in [4.78, 5) is 53.5. The molecule has 0 unspecified atom stereocenters. The van der Waals surface area contributed by atoms with Crippen LogP contribution in [0.25, 0.3) is 0 Å². The van der Waals surface area contributed by atoms with Gasteiger partial charge in [-0.25, -0.2) is 19.0 Å². The van der Waals surface area contributed by atoms with Crippen LogP contribution in [0.4, 0.5) is 14.9 Å². The Labute approximate surface area is 327 Å². The van der Waals surface area contributed by atoms with Crippen molar-refractivity contribution in [3.63, 3.8) is 0 Å². The predicted octanol–water partition coefficient (Wildman–Crippen LogP) is 6.00. The van der Waals surface area contributed by atoms with Crippen LogP contribution in [0.3, 0.4) is 0 Å². The minimum Gasteiger partial charge on any atom is -0.530 e. The monoisotopic (exact) mass is 783 g/mol. The fourth-order valence-electron chi connectivity index (χ4n) is 7.19. The van der Waals surface area contributed by atoms with Crippen molar-refractivity contribution in [3.05, 3.63) is 53.0 Å². The molecule has 0 N–H and O–H groups in total. The summed E-state index contributed by atoms with van der Waals surface area (Å²) < 4.78 is 37.2. The maximum atomic E-state index is 14.6. The molecule has 0 bridgehead atoms. The van der Waals surface area contributed by atoms with Gasteiger partial charge in [-0.1, -0.05) is 46.8 Å². The van der Waals surface area contributed by atoms with Crippen molar-refractivity contribution in [2.45, 2.75) is 116 Å². The Bertz CT molecular complexity index is 1720. The molecule has 3 atom stereocenters. The van der Waals surface area contributed by atoms with Crippen molar-refractivity contribution in [3.8, 4) is 5.88 Å². The number of ether oxygens (including phenoxy) is 3. The fraction of sp³-hybridized carbons (Fsp3) is 0.659. The number of benzene rings is 1. The first-order valence-electron chi connectivity index (χ1n) is 19.4. The second kappa shape index (κ2) is 16.1. The number of amides is 2. The molecule has 4 heterocycles. The molecular weight excluding hydrogens is 722 g/mol. The number of methoxy groups -OCH3 is 1. The highest BCUT2D eigenvalue weighted by Gasteiger charge is 2.45. The van der Waals surface area contributed by atoms with Crippen molar-refractivity contribution >= 4 is 32.0 Å². The number of morpholine rings is 1. The second-order valence-corrected chi connectivity index (χ2v) is 23.3. The lowest BCUT2D eigenvalue weighted by Gasteiger charge is -2.47. The zero-order chi connectivity index (χ0) is 40.7. The fourth-order valence-corrected chi connectivity index (χ4v) is 8.16. The van der Waals surface area contributed by atoms with Gasteiger partial charge in [0.05, 0.1) is 31.6 Å². The van der Waals surface area contributed by atoms with Gasteiger partial charge in [-0.05, 0) is 69.6 Å². The highest BCUT2D eigenvalue weighted by molar-refractivity contribution is 6.74. The minimum absolute atomic E-state index is 0.0685. The zero-order valence-corrected chi connectivity index (χ0v) is 36.0. The van der Waals surface area contributed by atoms with Crippen LogP contribution in [0.2, 0.25) is 18.1 Å². The van der Waals surface area contributed by atoms with Crippen LogP contribution in [-0.4, -0.2) is 129 Å². The number of nitrogens with zero attached hydrogens (tertiary/aromatic N) is 5. The van der Waals surface area contributed by atoms with Crippen LogP contribution in [-0.2, 0) is 35.6 Å². The molecule has 2 fully saturated rings. The van der Waals surface area contributed by atoms with E-state index in [4.69, 9.17) is 23.6 Å². The van der Waals surface area contributed by atoms with E-state index < -0.39 is 37.5 Å². The summed E-state index contributed by atoms with van der Waals surface area (Å²) >= 11 is 0. The number of hydrogen-bond donors (Lipinski definition) is 0. The van der Waals surface area contributed by atoms with Crippen molar-refractivity contribution in [2.75, 3.05) is 64.4 Å². The molecule has 0 radical (unpaired) electrons. The smallest absolute Gasteiger partial charge is 0.410 e. The zero-order valence-electron chi connectivity index (χ0n) is 35.0. The van der Waals surface area contributed by atoms with Crippen LogP contribution in [0.15, 0.2) is 30.3 Å². The summed E-state index contributed by atoms with van der Waals surface area (Å²) in [6, 6.07) is 8.05. The lowest BCUT2D eigenvalue weighted by Crippen LogP contribution is -2.64. The van der Waals surface area contributed by atoms with Crippen LogP contribution in [0.1, 0.15) is 79.1 Å². The third-order valence-electron chi connectivity index (χ3n) is 11.3. The molecule has 2 amide bonds. The van der Waals surface area contributed by atoms with Gasteiger partial charge in [0.1, 0.15) is 11.4 Å². The summed E-state index contributed by atoms with van der Waals surface area (Å²) in [6.07, 6.45) is -0.634. The van der Waals surface area contributed by atoms with Crippen LogP contribution in [0.5, 0.6) is 5.88 Å². The Morgan fingerprint density at radius 3 is 2.33 bits per heavy atom. The van der Waals surface area contributed by atoms with Crippen molar-refractivity contribution < 1.29 is 37.4 Å². The molecule has 2 aromatic rings. The standard InChI is InChI=1S/C41H62FN5O7Si/c1-27-21-45(31(23-46(27)38(50)53-39(2,3)4)22-44-17-18-52-33(24-44)37(49)51-10)25-34(48)47-26-41(8,9)35-32(47)20-29(19-28-13-15-30(42)16-14-28)36(43-35)54-55(11,12)40(5,6)7/h13-16,20,27,31,33H,17-19,21-26H2,1-12H3/t27-,31+,33+/m1/s1. The Morgan fingerprint density at radius 1 is 1.04 bits per heavy atom. The molecule has 304 valence electrons. The SMILES string of the molecule is COC(=O)[C@@H]1CN(C[C@H]2CN(C(=O)OC(C)(C)C)[C@H](C)CN2CC(=O)N2CC(C)(C)c3nc(O[Si](C)(C)C(C)(C)C)c(Cc4ccc(F)cc4)cc32)CCO1. The Hall–Kier alpha value is -3.59. The van der Waals surface area contributed by atoms with E-state index in [0.29, 0.717) is 58.2 Å². The van der Waals surface area contributed by atoms with Crippen LogP contribution >= 0.6 is 0 Å². The molecule has 5 rings (SSSR count).